The van der Waals surface area contributed by atoms with Crippen molar-refractivity contribution >= 4 is 35.1 Å². The Morgan fingerprint density at radius 3 is 2.33 bits per heavy atom. The van der Waals surface area contributed by atoms with E-state index in [0.29, 0.717) is 5.56 Å². The first-order chi connectivity index (χ1) is 18.9. The maximum Gasteiger partial charge on any atom is 0.374 e. The van der Waals surface area contributed by atoms with Crippen molar-refractivity contribution < 1.29 is 47.9 Å². The highest BCUT2D eigenvalue weighted by Crippen LogP contribution is 2.52. The molecular formula is C27H25FN2O10. The van der Waals surface area contributed by atoms with Gasteiger partial charge in [0.2, 0.25) is 17.2 Å². The highest BCUT2D eigenvalue weighted by molar-refractivity contribution is 6.34. The van der Waals surface area contributed by atoms with Gasteiger partial charge in [-0.3, -0.25) is 24.5 Å². The predicted octanol–water partition coefficient (Wildman–Crippen LogP) is 1.61. The van der Waals surface area contributed by atoms with Crippen LogP contribution in [0, 0.1) is 21.8 Å². The second-order valence-corrected chi connectivity index (χ2v) is 9.66. The molecule has 12 nitrogen and oxygen atoms in total. The van der Waals surface area contributed by atoms with Crippen LogP contribution in [0.2, 0.25) is 0 Å². The van der Waals surface area contributed by atoms with E-state index in [2.05, 4.69) is 4.74 Å². The van der Waals surface area contributed by atoms with E-state index in [1.165, 1.54) is 43.3 Å². The summed E-state index contributed by atoms with van der Waals surface area (Å²) >= 11 is 0. The average Bonchev–Trinajstić information content (AvgIpc) is 3.18. The molecule has 2 aliphatic heterocycles. The number of hydrogen-bond acceptors (Lipinski definition) is 10. The number of carbonyl (C=O) groups excluding carboxylic acids is 5. The molecule has 0 aliphatic carbocycles. The second-order valence-electron chi connectivity index (χ2n) is 9.66. The lowest BCUT2D eigenvalue weighted by atomic mass is 9.72. The number of non-ortho nitro benzene ring substituents is 1. The normalized spacial score (nSPS) is 23.1. The van der Waals surface area contributed by atoms with E-state index in [1.54, 1.807) is 0 Å². The summed E-state index contributed by atoms with van der Waals surface area (Å²) in [5, 5.41) is 21.1. The molecule has 0 aromatic heterocycles. The first-order valence-electron chi connectivity index (χ1n) is 12.2. The van der Waals surface area contributed by atoms with Gasteiger partial charge in [0.1, 0.15) is 12.4 Å². The van der Waals surface area contributed by atoms with Gasteiger partial charge in [0.15, 0.2) is 5.78 Å². The van der Waals surface area contributed by atoms with Crippen LogP contribution in [0.1, 0.15) is 36.8 Å². The number of nitro groups is 1. The minimum Gasteiger partial charge on any atom is -0.463 e. The Balaban J connectivity index is 1.79. The molecule has 2 saturated heterocycles. The standard InChI is InChI=1S/C27H25FN2O10/c1-14(31)23-20-12-22(33)27(29(20)24(23)34,26(36)40-13-15-3-9-18(10-4-15)30(37)38)19(11-21(32)25(35)39-2)16-5-7-17(28)8-6-16/h3-10,14,19-20,23,31H,11-13H2,1-2H3/t14-,19+,20-,23-,27+/m1/s1. The number of carbonyl (C=O) groups is 5. The highest BCUT2D eigenvalue weighted by atomic mass is 19.1. The summed E-state index contributed by atoms with van der Waals surface area (Å²) in [4.78, 5) is 77.2. The van der Waals surface area contributed by atoms with Crippen LogP contribution >= 0.6 is 0 Å². The van der Waals surface area contributed by atoms with Crippen molar-refractivity contribution in [2.75, 3.05) is 7.11 Å². The fraction of sp³-hybridized carbons (Fsp3) is 0.370. The first kappa shape index (κ1) is 28.5. The molecular weight excluding hydrogens is 531 g/mol. The molecule has 1 amide bonds. The molecule has 0 saturated carbocycles. The van der Waals surface area contributed by atoms with E-state index in [1.807, 2.05) is 0 Å². The Kier molecular flexibility index (Phi) is 7.78. The van der Waals surface area contributed by atoms with E-state index >= 15 is 0 Å². The summed E-state index contributed by atoms with van der Waals surface area (Å²) in [5.74, 6) is -8.18. The largest absolute Gasteiger partial charge is 0.463 e. The quantitative estimate of drug-likeness (QED) is 0.113. The number of fused-ring (bicyclic) bond motifs is 1. The zero-order valence-electron chi connectivity index (χ0n) is 21.4. The van der Waals surface area contributed by atoms with Crippen molar-refractivity contribution in [3.63, 3.8) is 0 Å². The monoisotopic (exact) mass is 556 g/mol. The van der Waals surface area contributed by atoms with Gasteiger partial charge in [0.25, 0.3) is 5.69 Å². The number of ketones is 2. The molecule has 5 atom stereocenters. The Morgan fingerprint density at radius 2 is 1.77 bits per heavy atom. The van der Waals surface area contributed by atoms with E-state index in [0.717, 1.165) is 24.1 Å². The predicted molar refractivity (Wildman–Crippen MR) is 132 cm³/mol. The molecule has 2 aliphatic rings. The number of hydrogen-bond donors (Lipinski definition) is 1. The molecule has 0 unspecified atom stereocenters. The molecule has 2 fully saturated rings. The van der Waals surface area contributed by atoms with Gasteiger partial charge in [-0.2, -0.15) is 0 Å². The maximum absolute atomic E-state index is 13.9. The average molecular weight is 556 g/mol. The lowest BCUT2D eigenvalue weighted by molar-refractivity contribution is -0.384. The third kappa shape index (κ3) is 4.72. The van der Waals surface area contributed by atoms with E-state index in [-0.39, 0.29) is 17.7 Å². The van der Waals surface area contributed by atoms with Crippen LogP contribution in [0.15, 0.2) is 48.5 Å². The van der Waals surface area contributed by atoms with Gasteiger partial charge in [-0.25, -0.2) is 14.0 Å². The molecule has 1 N–H and O–H groups in total. The minimum absolute atomic E-state index is 0.105. The third-order valence-corrected chi connectivity index (χ3v) is 7.40. The van der Waals surface area contributed by atoms with E-state index < -0.39 is 82.7 Å². The molecule has 2 aromatic carbocycles. The lowest BCUT2D eigenvalue weighted by Gasteiger charge is -2.52. The molecule has 2 aromatic rings. The summed E-state index contributed by atoms with van der Waals surface area (Å²) in [6, 6.07) is 8.71. The summed E-state index contributed by atoms with van der Waals surface area (Å²) in [6.45, 7) is 0.926. The Labute approximate surface area is 226 Å². The summed E-state index contributed by atoms with van der Waals surface area (Å²) in [6.07, 6.45) is -2.24. The van der Waals surface area contributed by atoms with Crippen molar-refractivity contribution in [2.45, 2.75) is 50.0 Å². The SMILES string of the molecule is COC(=O)C(=O)C[C@@H](c1ccc(F)cc1)[C@@]1(C(=O)OCc2ccc([N+](=O)[O-])cc2)C(=O)C[C@@H]2[C@@H]([C@@H](C)O)C(=O)N21. The number of esters is 2. The molecule has 0 radical (unpaired) electrons. The highest BCUT2D eigenvalue weighted by Gasteiger charge is 2.72. The summed E-state index contributed by atoms with van der Waals surface area (Å²) < 4.78 is 23.8. The lowest BCUT2D eigenvalue weighted by Crippen LogP contribution is -2.72. The van der Waals surface area contributed by atoms with E-state index in [9.17, 15) is 43.6 Å². The van der Waals surface area contributed by atoms with Gasteiger partial charge in [0.05, 0.1) is 30.1 Å². The molecule has 0 bridgehead atoms. The fourth-order valence-corrected chi connectivity index (χ4v) is 5.50. The van der Waals surface area contributed by atoms with Gasteiger partial charge in [-0.15, -0.1) is 0 Å². The topological polar surface area (TPSA) is 170 Å². The van der Waals surface area contributed by atoms with Crippen LogP contribution in [0.3, 0.4) is 0 Å². The number of nitrogens with zero attached hydrogens (tertiary/aromatic N) is 2. The molecule has 4 rings (SSSR count). The minimum atomic E-state index is -2.42. The second kappa shape index (κ2) is 10.9. The number of ether oxygens (including phenoxy) is 2. The Morgan fingerprint density at radius 1 is 1.15 bits per heavy atom. The number of methoxy groups -OCH3 is 1. The van der Waals surface area contributed by atoms with Crippen molar-refractivity contribution in [3.8, 4) is 0 Å². The van der Waals surface area contributed by atoms with E-state index in [4.69, 9.17) is 4.74 Å². The number of benzene rings is 2. The fourth-order valence-electron chi connectivity index (χ4n) is 5.50. The number of amides is 1. The van der Waals surface area contributed by atoms with Crippen LogP contribution in [0.5, 0.6) is 0 Å². The van der Waals surface area contributed by atoms with Crippen LogP contribution in [-0.2, 0) is 40.1 Å². The van der Waals surface area contributed by atoms with Gasteiger partial charge in [-0.1, -0.05) is 12.1 Å². The van der Waals surface area contributed by atoms with Crippen molar-refractivity contribution in [3.05, 3.63) is 75.6 Å². The van der Waals surface area contributed by atoms with Crippen LogP contribution < -0.4 is 0 Å². The number of nitro benzene ring substituents is 1. The zero-order chi connectivity index (χ0) is 29.4. The number of aliphatic hydroxyl groups excluding tert-OH is 1. The van der Waals surface area contributed by atoms with Crippen LogP contribution in [0.4, 0.5) is 10.1 Å². The first-order valence-corrected chi connectivity index (χ1v) is 12.2. The van der Waals surface area contributed by atoms with Crippen molar-refractivity contribution in [2.24, 2.45) is 5.92 Å². The number of rotatable bonds is 10. The molecule has 210 valence electrons. The smallest absolute Gasteiger partial charge is 0.374 e. The van der Waals surface area contributed by atoms with Gasteiger partial charge in [-0.05, 0) is 42.3 Å². The van der Waals surface area contributed by atoms with Gasteiger partial charge >= 0.3 is 11.9 Å². The summed E-state index contributed by atoms with van der Waals surface area (Å²) in [5.41, 5.74) is -2.19. The molecule has 2 heterocycles. The van der Waals surface area contributed by atoms with Crippen molar-refractivity contribution in [1.29, 1.82) is 0 Å². The van der Waals surface area contributed by atoms with Gasteiger partial charge < -0.3 is 19.5 Å². The summed E-state index contributed by atoms with van der Waals surface area (Å²) in [7, 11) is 0.976. The molecule has 0 spiro atoms. The number of Topliss-reactive ketones (excluding diaryl/α,β-unsaturated/α-hetero) is 2. The molecule has 40 heavy (non-hydrogen) atoms. The maximum atomic E-state index is 13.9. The van der Waals surface area contributed by atoms with Crippen molar-refractivity contribution in [1.82, 2.24) is 4.90 Å². The number of β-lactam (4-membered cyclic amide) rings is 1. The third-order valence-electron chi connectivity index (χ3n) is 7.40. The zero-order valence-corrected chi connectivity index (χ0v) is 21.4. The number of halogens is 1. The van der Waals surface area contributed by atoms with Gasteiger partial charge in [0, 0.05) is 30.9 Å². The Hall–Kier alpha value is -4.52. The van der Waals surface area contributed by atoms with Crippen LogP contribution in [0.25, 0.3) is 0 Å². The van der Waals surface area contributed by atoms with Crippen LogP contribution in [-0.4, -0.2) is 69.1 Å². The Bertz CT molecular complexity index is 1370. The molecule has 13 heteroatoms. The number of aliphatic hydroxyl groups is 1.